The van der Waals surface area contributed by atoms with Gasteiger partial charge in [-0.1, -0.05) is 29.3 Å². The third-order valence-corrected chi connectivity index (χ3v) is 3.35. The predicted octanol–water partition coefficient (Wildman–Crippen LogP) is 2.01. The lowest BCUT2D eigenvalue weighted by molar-refractivity contribution is -0.120. The number of benzene rings is 1. The quantitative estimate of drug-likeness (QED) is 0.592. The summed E-state index contributed by atoms with van der Waals surface area (Å²) in [5.41, 5.74) is 3.65. The van der Waals surface area contributed by atoms with Crippen LogP contribution in [0.1, 0.15) is 16.8 Å². The van der Waals surface area contributed by atoms with Gasteiger partial charge in [0.05, 0.1) is 17.7 Å². The Balaban J connectivity index is 1.98. The van der Waals surface area contributed by atoms with Crippen molar-refractivity contribution in [2.75, 3.05) is 0 Å². The Bertz CT molecular complexity index is 749. The Morgan fingerprint density at radius 2 is 2.14 bits per heavy atom. The van der Waals surface area contributed by atoms with E-state index < -0.39 is 5.91 Å². The van der Waals surface area contributed by atoms with E-state index in [2.05, 4.69) is 20.7 Å². The van der Waals surface area contributed by atoms with Crippen LogP contribution in [0.15, 0.2) is 28.1 Å². The van der Waals surface area contributed by atoms with Gasteiger partial charge >= 0.3 is 0 Å². The van der Waals surface area contributed by atoms with Crippen LogP contribution < -0.4 is 11.0 Å². The first kappa shape index (κ1) is 15.3. The SMILES string of the molecule is Cc1[nH][nH]c(=O)c1CC(=O)N/N=C\c1ccc(Cl)cc1Cl. The monoisotopic (exact) mass is 326 g/mol. The molecule has 0 fully saturated rings. The minimum absolute atomic E-state index is 0.0592. The summed E-state index contributed by atoms with van der Waals surface area (Å²) in [6, 6.07) is 4.93. The Morgan fingerprint density at radius 3 is 2.76 bits per heavy atom. The van der Waals surface area contributed by atoms with Crippen LogP contribution in [0.5, 0.6) is 0 Å². The van der Waals surface area contributed by atoms with Crippen molar-refractivity contribution >= 4 is 35.3 Å². The molecular weight excluding hydrogens is 315 g/mol. The average Bonchev–Trinajstić information content (AvgIpc) is 2.73. The summed E-state index contributed by atoms with van der Waals surface area (Å²) in [6.07, 6.45) is 1.35. The van der Waals surface area contributed by atoms with Crippen molar-refractivity contribution in [3.05, 3.63) is 55.4 Å². The van der Waals surface area contributed by atoms with Crippen LogP contribution in [-0.2, 0) is 11.2 Å². The number of H-pyrrole nitrogens is 2. The van der Waals surface area contributed by atoms with Gasteiger partial charge in [0.1, 0.15) is 0 Å². The number of nitrogens with one attached hydrogen (secondary N) is 3. The van der Waals surface area contributed by atoms with E-state index in [4.69, 9.17) is 23.2 Å². The van der Waals surface area contributed by atoms with Gasteiger partial charge in [0.15, 0.2) is 0 Å². The molecule has 2 aromatic rings. The van der Waals surface area contributed by atoms with E-state index in [1.807, 2.05) is 0 Å². The Morgan fingerprint density at radius 1 is 1.38 bits per heavy atom. The first-order valence-corrected chi connectivity index (χ1v) is 6.76. The van der Waals surface area contributed by atoms with Gasteiger partial charge in [-0.3, -0.25) is 14.7 Å². The van der Waals surface area contributed by atoms with E-state index >= 15 is 0 Å². The molecule has 0 aliphatic rings. The van der Waals surface area contributed by atoms with E-state index in [1.165, 1.54) is 6.21 Å². The number of amides is 1. The Kier molecular flexibility index (Phi) is 4.82. The summed E-state index contributed by atoms with van der Waals surface area (Å²) < 4.78 is 0. The van der Waals surface area contributed by atoms with Crippen molar-refractivity contribution in [3.8, 4) is 0 Å². The standard InChI is InChI=1S/C13H12Cl2N4O2/c1-7-10(13(21)19-17-7)5-12(20)18-16-6-8-2-3-9(14)4-11(8)15/h2-4,6H,5H2,1H3,(H,18,20)(H2,17,19,21)/b16-6-. The number of carbonyl (C=O) groups is 1. The van der Waals surface area contributed by atoms with Crippen LogP contribution in [0, 0.1) is 6.92 Å². The van der Waals surface area contributed by atoms with Crippen molar-refractivity contribution in [1.82, 2.24) is 15.6 Å². The number of aromatic nitrogens is 2. The zero-order valence-corrected chi connectivity index (χ0v) is 12.5. The third-order valence-electron chi connectivity index (χ3n) is 2.78. The van der Waals surface area contributed by atoms with Gasteiger partial charge in [0.25, 0.3) is 5.56 Å². The van der Waals surface area contributed by atoms with Gasteiger partial charge in [-0.2, -0.15) is 5.10 Å². The first-order chi connectivity index (χ1) is 9.97. The average molecular weight is 327 g/mol. The number of rotatable bonds is 4. The maximum absolute atomic E-state index is 11.7. The summed E-state index contributed by atoms with van der Waals surface area (Å²) >= 11 is 11.7. The molecule has 2 rings (SSSR count). The molecule has 3 N–H and O–H groups in total. The molecular formula is C13H12Cl2N4O2. The molecule has 0 spiro atoms. The molecule has 21 heavy (non-hydrogen) atoms. The molecule has 0 saturated carbocycles. The molecule has 0 bridgehead atoms. The lowest BCUT2D eigenvalue weighted by Gasteiger charge is -2.00. The van der Waals surface area contributed by atoms with Crippen LogP contribution >= 0.6 is 23.2 Å². The summed E-state index contributed by atoms with van der Waals surface area (Å²) in [4.78, 5) is 23.1. The van der Waals surface area contributed by atoms with E-state index in [0.717, 1.165) is 0 Å². The first-order valence-electron chi connectivity index (χ1n) is 6.00. The molecule has 1 amide bonds. The highest BCUT2D eigenvalue weighted by molar-refractivity contribution is 6.36. The number of hydrogen-bond acceptors (Lipinski definition) is 3. The molecule has 6 nitrogen and oxygen atoms in total. The summed E-state index contributed by atoms with van der Waals surface area (Å²) in [5.74, 6) is -0.399. The van der Waals surface area contributed by atoms with E-state index in [9.17, 15) is 9.59 Å². The highest BCUT2D eigenvalue weighted by atomic mass is 35.5. The topological polar surface area (TPSA) is 90.1 Å². The molecule has 0 aliphatic carbocycles. The number of aromatic amines is 2. The zero-order valence-electron chi connectivity index (χ0n) is 11.0. The molecule has 1 aromatic carbocycles. The Labute approximate surface area is 130 Å². The largest absolute Gasteiger partial charge is 0.302 e. The van der Waals surface area contributed by atoms with Crippen molar-refractivity contribution < 1.29 is 4.79 Å². The number of hydrazone groups is 1. The van der Waals surface area contributed by atoms with Crippen molar-refractivity contribution in [1.29, 1.82) is 0 Å². The molecule has 110 valence electrons. The number of carbonyl (C=O) groups excluding carboxylic acids is 1. The van der Waals surface area contributed by atoms with Gasteiger partial charge in [0.2, 0.25) is 5.91 Å². The minimum Gasteiger partial charge on any atom is -0.302 e. The van der Waals surface area contributed by atoms with E-state index in [0.29, 0.717) is 26.9 Å². The normalized spacial score (nSPS) is 11.0. The maximum atomic E-state index is 11.7. The van der Waals surface area contributed by atoms with Crippen LogP contribution in [0.2, 0.25) is 10.0 Å². The molecule has 0 unspecified atom stereocenters. The highest BCUT2D eigenvalue weighted by Crippen LogP contribution is 2.19. The Hall–Kier alpha value is -2.05. The summed E-state index contributed by atoms with van der Waals surface area (Å²) in [5, 5.41) is 9.80. The van der Waals surface area contributed by atoms with Crippen LogP contribution in [-0.4, -0.2) is 22.3 Å². The number of halogens is 2. The fourth-order valence-corrected chi connectivity index (χ4v) is 2.12. The number of aryl methyl sites for hydroxylation is 1. The summed E-state index contributed by atoms with van der Waals surface area (Å²) in [6.45, 7) is 1.71. The zero-order chi connectivity index (χ0) is 15.4. The lowest BCUT2D eigenvalue weighted by atomic mass is 10.2. The molecule has 1 aromatic heterocycles. The second-order valence-corrected chi connectivity index (χ2v) is 5.16. The second kappa shape index (κ2) is 6.60. The van der Waals surface area contributed by atoms with Gasteiger partial charge < -0.3 is 5.10 Å². The maximum Gasteiger partial charge on any atom is 0.267 e. The molecule has 0 radical (unpaired) electrons. The number of nitrogens with zero attached hydrogens (tertiary/aromatic N) is 1. The molecule has 1 heterocycles. The molecule has 0 atom stereocenters. The fraction of sp³-hybridized carbons (Fsp3) is 0.154. The van der Waals surface area contributed by atoms with Crippen molar-refractivity contribution in [2.24, 2.45) is 5.10 Å². The smallest absolute Gasteiger partial charge is 0.267 e. The minimum atomic E-state index is -0.399. The van der Waals surface area contributed by atoms with Gasteiger partial charge in [-0.25, -0.2) is 5.43 Å². The number of hydrogen-bond donors (Lipinski definition) is 3. The summed E-state index contributed by atoms with van der Waals surface area (Å²) in [7, 11) is 0. The molecule has 0 aliphatic heterocycles. The third kappa shape index (κ3) is 3.96. The van der Waals surface area contributed by atoms with E-state index in [1.54, 1.807) is 25.1 Å². The fourth-order valence-electron chi connectivity index (χ4n) is 1.66. The van der Waals surface area contributed by atoms with Crippen LogP contribution in [0.4, 0.5) is 0 Å². The lowest BCUT2D eigenvalue weighted by Crippen LogP contribution is -2.23. The van der Waals surface area contributed by atoms with Gasteiger partial charge in [-0.05, 0) is 19.1 Å². The van der Waals surface area contributed by atoms with E-state index in [-0.39, 0.29) is 12.0 Å². The van der Waals surface area contributed by atoms with Crippen molar-refractivity contribution in [3.63, 3.8) is 0 Å². The van der Waals surface area contributed by atoms with Gasteiger partial charge in [-0.15, -0.1) is 0 Å². The van der Waals surface area contributed by atoms with Crippen LogP contribution in [0.3, 0.4) is 0 Å². The van der Waals surface area contributed by atoms with Crippen molar-refractivity contribution in [2.45, 2.75) is 13.3 Å². The van der Waals surface area contributed by atoms with Crippen LogP contribution in [0.25, 0.3) is 0 Å². The van der Waals surface area contributed by atoms with Gasteiger partial charge in [0, 0.05) is 21.8 Å². The molecule has 0 saturated heterocycles. The second-order valence-electron chi connectivity index (χ2n) is 4.32. The predicted molar refractivity (Wildman–Crippen MR) is 82.1 cm³/mol. The molecule has 8 heteroatoms. The highest BCUT2D eigenvalue weighted by Gasteiger charge is 2.10.